The second-order valence-electron chi connectivity index (χ2n) is 4.73. The van der Waals surface area contributed by atoms with Crippen molar-refractivity contribution in [3.05, 3.63) is 29.8 Å². The summed E-state index contributed by atoms with van der Waals surface area (Å²) in [4.78, 5) is 1.39. The Kier molecular flexibility index (Phi) is 7.40. The van der Waals surface area contributed by atoms with Crippen LogP contribution in [0.2, 0.25) is 0 Å². The minimum absolute atomic E-state index is 0.532. The van der Waals surface area contributed by atoms with Gasteiger partial charge in [-0.2, -0.15) is 0 Å². The first-order chi connectivity index (χ1) is 8.69. The van der Waals surface area contributed by atoms with Gasteiger partial charge in [-0.1, -0.05) is 25.1 Å². The molecule has 0 fully saturated rings. The third-order valence-corrected chi connectivity index (χ3v) is 4.64. The van der Waals surface area contributed by atoms with Gasteiger partial charge in [-0.15, -0.1) is 11.8 Å². The molecule has 0 saturated carbocycles. The van der Waals surface area contributed by atoms with E-state index in [4.69, 9.17) is 4.74 Å². The maximum Gasteiger partial charge on any atom is 0.0465 e. The standard InChI is InChI=1S/C15H25NOS/c1-12(9-10-17-4)14(16-3)11-18-15-8-6-5-7-13(15)2/h5-8,12,14,16H,9-11H2,1-4H3. The molecule has 2 unspecified atom stereocenters. The molecule has 0 aliphatic rings. The summed E-state index contributed by atoms with van der Waals surface area (Å²) in [7, 11) is 3.82. The summed E-state index contributed by atoms with van der Waals surface area (Å²) in [6.07, 6.45) is 1.11. The summed E-state index contributed by atoms with van der Waals surface area (Å²) in [5, 5.41) is 3.42. The molecule has 0 bridgehead atoms. The van der Waals surface area contributed by atoms with Gasteiger partial charge in [0.15, 0.2) is 0 Å². The number of benzene rings is 1. The van der Waals surface area contributed by atoms with Gasteiger partial charge < -0.3 is 10.1 Å². The van der Waals surface area contributed by atoms with E-state index in [1.807, 2.05) is 18.8 Å². The Morgan fingerprint density at radius 1 is 1.33 bits per heavy atom. The lowest BCUT2D eigenvalue weighted by Gasteiger charge is -2.23. The molecule has 0 radical (unpaired) electrons. The van der Waals surface area contributed by atoms with E-state index in [-0.39, 0.29) is 0 Å². The van der Waals surface area contributed by atoms with Crippen LogP contribution in [0.1, 0.15) is 18.9 Å². The predicted octanol–water partition coefficient (Wildman–Crippen LogP) is 3.35. The van der Waals surface area contributed by atoms with Gasteiger partial charge in [-0.3, -0.25) is 0 Å². The SMILES string of the molecule is CNC(CSc1ccccc1C)C(C)CCOC. The molecule has 1 N–H and O–H groups in total. The van der Waals surface area contributed by atoms with Crippen LogP contribution in [0, 0.1) is 12.8 Å². The molecule has 0 saturated heterocycles. The van der Waals surface area contributed by atoms with Crippen LogP contribution in [0.15, 0.2) is 29.2 Å². The van der Waals surface area contributed by atoms with Crippen LogP contribution in [-0.4, -0.2) is 32.6 Å². The zero-order valence-electron chi connectivity index (χ0n) is 11.9. The van der Waals surface area contributed by atoms with Gasteiger partial charge in [-0.05, 0) is 37.9 Å². The van der Waals surface area contributed by atoms with E-state index in [2.05, 4.69) is 43.4 Å². The molecule has 2 atom stereocenters. The van der Waals surface area contributed by atoms with Crippen molar-refractivity contribution >= 4 is 11.8 Å². The average Bonchev–Trinajstić information content (AvgIpc) is 2.39. The zero-order valence-corrected chi connectivity index (χ0v) is 12.7. The molecule has 102 valence electrons. The first-order valence-electron chi connectivity index (χ1n) is 6.53. The average molecular weight is 267 g/mol. The molecule has 1 aromatic rings. The number of hydrogen-bond acceptors (Lipinski definition) is 3. The first kappa shape index (κ1) is 15.5. The highest BCUT2D eigenvalue weighted by Crippen LogP contribution is 2.24. The quantitative estimate of drug-likeness (QED) is 0.730. The summed E-state index contributed by atoms with van der Waals surface area (Å²) in [6, 6.07) is 9.11. The minimum Gasteiger partial charge on any atom is -0.385 e. The van der Waals surface area contributed by atoms with Gasteiger partial charge in [0.2, 0.25) is 0 Å². The van der Waals surface area contributed by atoms with Crippen molar-refractivity contribution in [1.29, 1.82) is 0 Å². The molecule has 1 aromatic carbocycles. The lowest BCUT2D eigenvalue weighted by Crippen LogP contribution is -2.35. The van der Waals surface area contributed by atoms with Crippen LogP contribution in [0.4, 0.5) is 0 Å². The van der Waals surface area contributed by atoms with E-state index >= 15 is 0 Å². The summed E-state index contributed by atoms with van der Waals surface area (Å²) in [5.74, 6) is 1.73. The van der Waals surface area contributed by atoms with Crippen LogP contribution in [-0.2, 0) is 4.74 Å². The third-order valence-electron chi connectivity index (χ3n) is 3.35. The molecule has 0 heterocycles. The van der Waals surface area contributed by atoms with Crippen molar-refractivity contribution < 1.29 is 4.74 Å². The second kappa shape index (κ2) is 8.57. The third kappa shape index (κ3) is 5.01. The molecule has 0 aromatic heterocycles. The Morgan fingerprint density at radius 3 is 2.67 bits per heavy atom. The number of aryl methyl sites for hydroxylation is 1. The summed E-state index contributed by atoms with van der Waals surface area (Å²) < 4.78 is 5.15. The lowest BCUT2D eigenvalue weighted by molar-refractivity contribution is 0.173. The van der Waals surface area contributed by atoms with E-state index in [0.29, 0.717) is 12.0 Å². The van der Waals surface area contributed by atoms with Crippen molar-refractivity contribution in [2.75, 3.05) is 26.5 Å². The normalized spacial score (nSPS) is 14.4. The topological polar surface area (TPSA) is 21.3 Å². The smallest absolute Gasteiger partial charge is 0.0465 e. The Morgan fingerprint density at radius 2 is 2.06 bits per heavy atom. The Bertz CT molecular complexity index is 343. The summed E-state index contributed by atoms with van der Waals surface area (Å²) in [6.45, 7) is 5.30. The Balaban J connectivity index is 2.46. The van der Waals surface area contributed by atoms with E-state index in [0.717, 1.165) is 18.8 Å². The number of nitrogens with one attached hydrogen (secondary N) is 1. The van der Waals surface area contributed by atoms with Gasteiger partial charge in [0.05, 0.1) is 0 Å². The van der Waals surface area contributed by atoms with Crippen molar-refractivity contribution in [2.24, 2.45) is 5.92 Å². The highest BCUT2D eigenvalue weighted by Gasteiger charge is 2.15. The number of thioether (sulfide) groups is 1. The fourth-order valence-corrected chi connectivity index (χ4v) is 3.26. The van der Waals surface area contributed by atoms with Gasteiger partial charge in [0, 0.05) is 30.4 Å². The molecular weight excluding hydrogens is 242 g/mol. The highest BCUT2D eigenvalue weighted by atomic mass is 32.2. The minimum atomic E-state index is 0.532. The number of ether oxygens (including phenoxy) is 1. The van der Waals surface area contributed by atoms with E-state index in [1.54, 1.807) is 7.11 Å². The van der Waals surface area contributed by atoms with E-state index in [1.165, 1.54) is 10.5 Å². The molecule has 0 amide bonds. The molecule has 18 heavy (non-hydrogen) atoms. The molecule has 1 rings (SSSR count). The lowest BCUT2D eigenvalue weighted by atomic mass is 10.0. The molecule has 0 aliphatic heterocycles. The van der Waals surface area contributed by atoms with Crippen LogP contribution in [0.5, 0.6) is 0 Å². The molecule has 2 nitrogen and oxygen atoms in total. The monoisotopic (exact) mass is 267 g/mol. The fourth-order valence-electron chi connectivity index (χ4n) is 1.93. The van der Waals surface area contributed by atoms with Crippen LogP contribution in [0.25, 0.3) is 0 Å². The zero-order chi connectivity index (χ0) is 13.4. The maximum absolute atomic E-state index is 5.15. The molecule has 0 spiro atoms. The summed E-state index contributed by atoms with van der Waals surface area (Å²) in [5.41, 5.74) is 1.36. The first-order valence-corrected chi connectivity index (χ1v) is 7.52. The van der Waals surface area contributed by atoms with Crippen molar-refractivity contribution in [3.8, 4) is 0 Å². The maximum atomic E-state index is 5.15. The summed E-state index contributed by atoms with van der Waals surface area (Å²) >= 11 is 1.94. The highest BCUT2D eigenvalue weighted by molar-refractivity contribution is 7.99. The van der Waals surface area contributed by atoms with Crippen LogP contribution >= 0.6 is 11.8 Å². The Hall–Kier alpha value is -0.510. The second-order valence-corrected chi connectivity index (χ2v) is 5.79. The van der Waals surface area contributed by atoms with Gasteiger partial charge in [0.25, 0.3) is 0 Å². The number of rotatable bonds is 8. The van der Waals surface area contributed by atoms with Crippen molar-refractivity contribution in [1.82, 2.24) is 5.32 Å². The van der Waals surface area contributed by atoms with E-state index < -0.39 is 0 Å². The molecule has 3 heteroatoms. The number of hydrogen-bond donors (Lipinski definition) is 1. The van der Waals surface area contributed by atoms with Gasteiger partial charge in [-0.25, -0.2) is 0 Å². The van der Waals surface area contributed by atoms with Crippen molar-refractivity contribution in [3.63, 3.8) is 0 Å². The molecule has 0 aliphatic carbocycles. The largest absolute Gasteiger partial charge is 0.385 e. The van der Waals surface area contributed by atoms with Crippen molar-refractivity contribution in [2.45, 2.75) is 31.2 Å². The van der Waals surface area contributed by atoms with Gasteiger partial charge in [0.1, 0.15) is 0 Å². The predicted molar refractivity (Wildman–Crippen MR) is 80.4 cm³/mol. The molecular formula is C15H25NOS. The van der Waals surface area contributed by atoms with Crippen LogP contribution < -0.4 is 5.32 Å². The Labute approximate surface area is 116 Å². The van der Waals surface area contributed by atoms with E-state index in [9.17, 15) is 0 Å². The number of methoxy groups -OCH3 is 1. The van der Waals surface area contributed by atoms with Crippen LogP contribution in [0.3, 0.4) is 0 Å². The van der Waals surface area contributed by atoms with Gasteiger partial charge >= 0.3 is 0 Å². The fraction of sp³-hybridized carbons (Fsp3) is 0.600.